The van der Waals surface area contributed by atoms with Gasteiger partial charge >= 0.3 is 0 Å². The normalized spacial score (nSPS) is 17.2. The van der Waals surface area contributed by atoms with Crippen LogP contribution in [-0.4, -0.2) is 14.5 Å². The monoisotopic (exact) mass is 723 g/mol. The Hall–Kier alpha value is -5.28. The van der Waals surface area contributed by atoms with E-state index in [4.69, 9.17) is 9.97 Å². The maximum absolute atomic E-state index is 5.35. The second kappa shape index (κ2) is 16.2. The highest BCUT2D eigenvalue weighted by molar-refractivity contribution is 5.76. The number of benzene rings is 3. The van der Waals surface area contributed by atoms with Crippen LogP contribution in [0, 0.1) is 25.7 Å². The Bertz CT molecular complexity index is 2300. The van der Waals surface area contributed by atoms with E-state index in [0.717, 1.165) is 59.6 Å². The van der Waals surface area contributed by atoms with Crippen LogP contribution in [0.1, 0.15) is 107 Å². The molecule has 2 aliphatic carbocycles. The van der Waals surface area contributed by atoms with Crippen molar-refractivity contribution in [2.75, 3.05) is 0 Å². The van der Waals surface area contributed by atoms with Crippen LogP contribution in [-0.2, 0) is 6.42 Å². The Morgan fingerprint density at radius 1 is 0.782 bits per heavy atom. The first kappa shape index (κ1) is 38.0. The van der Waals surface area contributed by atoms with Gasteiger partial charge in [0.05, 0.1) is 17.1 Å². The predicted molar refractivity (Wildman–Crippen MR) is 235 cm³/mol. The molecule has 0 saturated heterocycles. The van der Waals surface area contributed by atoms with Gasteiger partial charge < -0.3 is 4.57 Å². The van der Waals surface area contributed by atoms with Crippen LogP contribution in [0.3, 0.4) is 0 Å². The third-order valence-electron chi connectivity index (χ3n) is 11.7. The fourth-order valence-corrected chi connectivity index (χ4v) is 8.59. The lowest BCUT2D eigenvalue weighted by molar-refractivity contribution is 0.675. The Labute approximate surface area is 330 Å². The van der Waals surface area contributed by atoms with Gasteiger partial charge in [-0.15, -0.1) is 0 Å². The Balaban J connectivity index is 1.49. The van der Waals surface area contributed by atoms with E-state index in [-0.39, 0.29) is 5.92 Å². The fourth-order valence-electron chi connectivity index (χ4n) is 8.59. The average Bonchev–Trinajstić information content (AvgIpc) is 3.46. The second-order valence-corrected chi connectivity index (χ2v) is 16.3. The summed E-state index contributed by atoms with van der Waals surface area (Å²) in [4.78, 5) is 10.5. The first-order valence-corrected chi connectivity index (χ1v) is 20.3. The minimum Gasteiger partial charge on any atom is -0.310 e. The SMILES string of the molecule is CC/C=C\c1c(C)c2c(n1-c1cc(-c3cc(-c4ccccc4)nc(-c4ccccc4)n3)cc(C(C)CC(=C(C)C)C3=C(C)C=CC(C)C3)c1C)C=CC(C)C2. The first-order chi connectivity index (χ1) is 26.5. The van der Waals surface area contributed by atoms with E-state index in [2.05, 4.69) is 176 Å². The summed E-state index contributed by atoms with van der Waals surface area (Å²) in [7, 11) is 0. The molecule has 3 unspecified atom stereocenters. The minimum atomic E-state index is 0.270. The summed E-state index contributed by atoms with van der Waals surface area (Å²) in [5.74, 6) is 2.07. The molecule has 0 bridgehead atoms. The zero-order valence-corrected chi connectivity index (χ0v) is 34.4. The van der Waals surface area contributed by atoms with Crippen LogP contribution in [0.2, 0.25) is 0 Å². The highest BCUT2D eigenvalue weighted by atomic mass is 15.0. The molecular weight excluding hydrogens is 667 g/mol. The van der Waals surface area contributed by atoms with Gasteiger partial charge in [0.25, 0.3) is 0 Å². The van der Waals surface area contributed by atoms with E-state index in [9.17, 15) is 0 Å². The van der Waals surface area contributed by atoms with Crippen LogP contribution >= 0.6 is 0 Å². The van der Waals surface area contributed by atoms with Gasteiger partial charge in [-0.1, -0.05) is 118 Å². The molecule has 2 heterocycles. The molecule has 280 valence electrons. The van der Waals surface area contributed by atoms with Gasteiger partial charge in [-0.05, 0) is 147 Å². The van der Waals surface area contributed by atoms with Gasteiger partial charge in [-0.2, -0.15) is 0 Å². The number of rotatable bonds is 10. The summed E-state index contributed by atoms with van der Waals surface area (Å²) in [5.41, 5.74) is 20.2. The molecular formula is C52H57N3. The summed E-state index contributed by atoms with van der Waals surface area (Å²) < 4.78 is 2.55. The van der Waals surface area contributed by atoms with Crippen molar-refractivity contribution in [2.45, 2.75) is 93.9 Å². The van der Waals surface area contributed by atoms with E-state index in [1.807, 2.05) is 6.07 Å². The lowest BCUT2D eigenvalue weighted by Crippen LogP contribution is -2.11. The van der Waals surface area contributed by atoms with E-state index in [1.165, 1.54) is 61.6 Å². The molecule has 3 nitrogen and oxygen atoms in total. The molecule has 0 spiro atoms. The molecule has 0 aliphatic heterocycles. The van der Waals surface area contributed by atoms with Crippen LogP contribution in [0.15, 0.2) is 125 Å². The molecule has 3 atom stereocenters. The quantitative estimate of drug-likeness (QED) is 0.144. The fraction of sp³-hybridized carbons (Fsp3) is 0.308. The number of nitrogens with zero attached hydrogens (tertiary/aromatic N) is 3. The number of hydrogen-bond acceptors (Lipinski definition) is 2. The van der Waals surface area contributed by atoms with E-state index in [1.54, 1.807) is 0 Å². The highest BCUT2D eigenvalue weighted by Gasteiger charge is 2.26. The van der Waals surface area contributed by atoms with Gasteiger partial charge in [-0.25, -0.2) is 9.97 Å². The largest absolute Gasteiger partial charge is 0.310 e. The summed E-state index contributed by atoms with van der Waals surface area (Å²) >= 11 is 0. The number of fused-ring (bicyclic) bond motifs is 1. The molecule has 3 heteroatoms. The third kappa shape index (κ3) is 7.81. The van der Waals surface area contributed by atoms with Gasteiger partial charge in [0, 0.05) is 28.1 Å². The van der Waals surface area contributed by atoms with E-state index >= 15 is 0 Å². The molecule has 0 saturated carbocycles. The van der Waals surface area contributed by atoms with E-state index in [0.29, 0.717) is 11.8 Å². The van der Waals surface area contributed by atoms with Crippen molar-refractivity contribution >= 4 is 12.2 Å². The van der Waals surface area contributed by atoms with Crippen LogP contribution in [0.5, 0.6) is 0 Å². The molecule has 0 radical (unpaired) electrons. The third-order valence-corrected chi connectivity index (χ3v) is 11.7. The van der Waals surface area contributed by atoms with Gasteiger partial charge in [0.1, 0.15) is 0 Å². The lowest BCUT2D eigenvalue weighted by Gasteiger charge is -2.27. The summed E-state index contributed by atoms with van der Waals surface area (Å²) in [6.07, 6.45) is 18.2. The molecule has 2 aromatic heterocycles. The molecule has 0 N–H and O–H groups in total. The zero-order valence-electron chi connectivity index (χ0n) is 34.4. The Morgan fingerprint density at radius 2 is 1.42 bits per heavy atom. The predicted octanol–water partition coefficient (Wildman–Crippen LogP) is 14.3. The van der Waals surface area contributed by atoms with Crippen LogP contribution in [0.4, 0.5) is 0 Å². The maximum atomic E-state index is 5.35. The standard InChI is InChI=1S/C52H57N3/c1-10-11-22-49-39(9)46-28-35(5)24-26-50(46)55(49)51-31-42(30-44(38(51)8)37(7)29-43(33(2)3)45-27-34(4)23-25-36(45)6)48-32-47(40-18-14-12-15-19-40)53-52(54-48)41-20-16-13-17-21-41/h11-26,30-32,34-35,37H,10,27-29H2,1-9H3/b22-11-. The van der Waals surface area contributed by atoms with Crippen molar-refractivity contribution in [3.8, 4) is 39.6 Å². The Morgan fingerprint density at radius 3 is 2.09 bits per heavy atom. The number of hydrogen-bond donors (Lipinski definition) is 0. The van der Waals surface area contributed by atoms with Crippen molar-refractivity contribution in [2.24, 2.45) is 11.8 Å². The van der Waals surface area contributed by atoms with Gasteiger partial charge in [0.15, 0.2) is 5.82 Å². The minimum absolute atomic E-state index is 0.270. The summed E-state index contributed by atoms with van der Waals surface area (Å²) in [6, 6.07) is 27.9. The summed E-state index contributed by atoms with van der Waals surface area (Å²) in [6.45, 7) is 20.9. The zero-order chi connectivity index (χ0) is 38.8. The van der Waals surface area contributed by atoms with Crippen molar-refractivity contribution in [1.82, 2.24) is 14.5 Å². The maximum Gasteiger partial charge on any atom is 0.160 e. The molecule has 7 rings (SSSR count). The molecule has 0 amide bonds. The molecule has 0 fully saturated rings. The lowest BCUT2D eigenvalue weighted by atomic mass is 9.79. The van der Waals surface area contributed by atoms with Crippen molar-refractivity contribution in [3.05, 3.63) is 159 Å². The smallest absolute Gasteiger partial charge is 0.160 e. The van der Waals surface area contributed by atoms with Crippen molar-refractivity contribution < 1.29 is 0 Å². The first-order valence-electron chi connectivity index (χ1n) is 20.3. The second-order valence-electron chi connectivity index (χ2n) is 16.3. The van der Waals surface area contributed by atoms with Crippen LogP contribution < -0.4 is 0 Å². The van der Waals surface area contributed by atoms with Crippen molar-refractivity contribution in [1.29, 1.82) is 0 Å². The molecule has 2 aliphatic rings. The number of aromatic nitrogens is 3. The Kier molecular flexibility index (Phi) is 11.2. The number of allylic oxidation sites excluding steroid dienone is 8. The highest BCUT2D eigenvalue weighted by Crippen LogP contribution is 2.42. The molecule has 55 heavy (non-hydrogen) atoms. The van der Waals surface area contributed by atoms with Gasteiger partial charge in [-0.3, -0.25) is 0 Å². The van der Waals surface area contributed by atoms with Gasteiger partial charge in [0.2, 0.25) is 0 Å². The molecule has 5 aromatic rings. The average molecular weight is 724 g/mol. The summed E-state index contributed by atoms with van der Waals surface area (Å²) in [5, 5.41) is 0. The van der Waals surface area contributed by atoms with Crippen LogP contribution in [0.25, 0.3) is 51.7 Å². The van der Waals surface area contributed by atoms with E-state index < -0.39 is 0 Å². The van der Waals surface area contributed by atoms with Crippen molar-refractivity contribution in [3.63, 3.8) is 0 Å². The molecule has 3 aromatic carbocycles. The topological polar surface area (TPSA) is 30.7 Å².